The fourth-order valence-electron chi connectivity index (χ4n) is 2.69. The number of hydrogen-bond acceptors (Lipinski definition) is 4. The Morgan fingerprint density at radius 1 is 1.00 bits per heavy atom. The molecule has 0 atom stereocenters. The first-order chi connectivity index (χ1) is 10.4. The van der Waals surface area contributed by atoms with Crippen LogP contribution in [-0.4, -0.2) is 29.3 Å². The zero-order chi connectivity index (χ0) is 16.4. The topological polar surface area (TPSA) is 95.9 Å². The molecule has 3 N–H and O–H groups in total. The normalized spacial score (nSPS) is 15.6. The number of methoxy groups -OCH3 is 1. The molecule has 1 aliphatic heterocycles. The molecule has 1 heterocycles. The van der Waals surface area contributed by atoms with Crippen molar-refractivity contribution >= 4 is 11.9 Å². The lowest BCUT2D eigenvalue weighted by atomic mass is 9.80. The molecule has 0 amide bonds. The number of allylic oxidation sites excluding steroid dienone is 2. The molecular weight excluding hydrogens is 286 g/mol. The van der Waals surface area contributed by atoms with E-state index in [1.54, 1.807) is 38.1 Å². The quantitative estimate of drug-likeness (QED) is 0.788. The molecule has 22 heavy (non-hydrogen) atoms. The minimum Gasteiger partial charge on any atom is -0.497 e. The van der Waals surface area contributed by atoms with Gasteiger partial charge in [0.15, 0.2) is 0 Å². The minimum absolute atomic E-state index is 0.0353. The van der Waals surface area contributed by atoms with E-state index in [9.17, 15) is 19.8 Å². The van der Waals surface area contributed by atoms with Crippen molar-refractivity contribution in [3.05, 3.63) is 52.4 Å². The first-order valence-electron chi connectivity index (χ1n) is 6.66. The smallest absolute Gasteiger partial charge is 0.334 e. The van der Waals surface area contributed by atoms with Crippen LogP contribution >= 0.6 is 0 Å². The molecule has 0 saturated heterocycles. The molecule has 0 radical (unpaired) electrons. The summed E-state index contributed by atoms with van der Waals surface area (Å²) in [6.45, 7) is 3.25. The van der Waals surface area contributed by atoms with Crippen LogP contribution in [0.5, 0.6) is 5.75 Å². The SMILES string of the molecule is COc1ccc(C2C(C(=O)O)=C(C)NC(C)=C2C(=O)O)cc1. The standard InChI is InChI=1S/C16H17NO5/c1-8-12(15(18)19)14(13(16(20)21)9(2)17-8)10-4-6-11(22-3)7-5-10/h4-7,14,17H,1-3H3,(H,18,19)(H,20,21). The molecule has 0 aliphatic carbocycles. The first-order valence-corrected chi connectivity index (χ1v) is 6.66. The molecule has 6 heteroatoms. The molecule has 0 unspecified atom stereocenters. The summed E-state index contributed by atoms with van der Waals surface area (Å²) in [6, 6.07) is 6.73. The predicted octanol–water partition coefficient (Wildman–Crippen LogP) is 2.10. The number of carbonyl (C=O) groups is 2. The Bertz CT molecular complexity index is 649. The van der Waals surface area contributed by atoms with Gasteiger partial charge < -0.3 is 20.3 Å². The molecule has 1 aliphatic rings. The van der Waals surface area contributed by atoms with E-state index >= 15 is 0 Å². The number of dihydropyridines is 1. The van der Waals surface area contributed by atoms with Gasteiger partial charge in [-0.1, -0.05) is 12.1 Å². The molecule has 0 bridgehead atoms. The molecule has 1 aromatic carbocycles. The van der Waals surface area contributed by atoms with Gasteiger partial charge in [0.25, 0.3) is 0 Å². The monoisotopic (exact) mass is 303 g/mol. The van der Waals surface area contributed by atoms with Crippen molar-refractivity contribution in [2.45, 2.75) is 19.8 Å². The highest BCUT2D eigenvalue weighted by atomic mass is 16.5. The highest BCUT2D eigenvalue weighted by Gasteiger charge is 2.36. The van der Waals surface area contributed by atoms with E-state index in [0.29, 0.717) is 22.7 Å². The van der Waals surface area contributed by atoms with Crippen LogP contribution < -0.4 is 10.1 Å². The highest BCUT2D eigenvalue weighted by Crippen LogP contribution is 2.38. The van der Waals surface area contributed by atoms with Crippen molar-refractivity contribution in [1.82, 2.24) is 5.32 Å². The average molecular weight is 303 g/mol. The second kappa shape index (κ2) is 5.93. The molecule has 0 spiro atoms. The van der Waals surface area contributed by atoms with E-state index in [2.05, 4.69) is 5.32 Å². The molecule has 6 nitrogen and oxygen atoms in total. The van der Waals surface area contributed by atoms with Gasteiger partial charge >= 0.3 is 11.9 Å². The van der Waals surface area contributed by atoms with Crippen LogP contribution in [0.2, 0.25) is 0 Å². The maximum atomic E-state index is 11.6. The summed E-state index contributed by atoms with van der Waals surface area (Å²) in [5, 5.41) is 21.8. The van der Waals surface area contributed by atoms with Crippen LogP contribution in [-0.2, 0) is 9.59 Å². The molecule has 2 rings (SSSR count). The molecular formula is C16H17NO5. The number of aliphatic carboxylic acids is 2. The Balaban J connectivity index is 2.63. The van der Waals surface area contributed by atoms with E-state index in [1.165, 1.54) is 7.11 Å². The van der Waals surface area contributed by atoms with Gasteiger partial charge in [0.1, 0.15) is 5.75 Å². The van der Waals surface area contributed by atoms with Gasteiger partial charge in [0, 0.05) is 11.4 Å². The number of nitrogens with one attached hydrogen (secondary N) is 1. The summed E-state index contributed by atoms with van der Waals surface area (Å²) in [7, 11) is 1.53. The number of benzene rings is 1. The Kier molecular flexibility index (Phi) is 4.21. The highest BCUT2D eigenvalue weighted by molar-refractivity contribution is 5.98. The second-order valence-corrected chi connectivity index (χ2v) is 5.02. The summed E-state index contributed by atoms with van der Waals surface area (Å²) in [4.78, 5) is 23.2. The van der Waals surface area contributed by atoms with Gasteiger partial charge in [0.2, 0.25) is 0 Å². The summed E-state index contributed by atoms with van der Waals surface area (Å²) in [5.74, 6) is -2.50. The lowest BCUT2D eigenvalue weighted by molar-refractivity contribution is -0.133. The largest absolute Gasteiger partial charge is 0.497 e. The van der Waals surface area contributed by atoms with Gasteiger partial charge in [-0.2, -0.15) is 0 Å². The van der Waals surface area contributed by atoms with Gasteiger partial charge in [-0.3, -0.25) is 0 Å². The van der Waals surface area contributed by atoms with Crippen LogP contribution in [0.4, 0.5) is 0 Å². The molecule has 0 fully saturated rings. The second-order valence-electron chi connectivity index (χ2n) is 5.02. The van der Waals surface area contributed by atoms with Crippen LogP contribution in [0, 0.1) is 0 Å². The molecule has 0 saturated carbocycles. The van der Waals surface area contributed by atoms with Crippen LogP contribution in [0.15, 0.2) is 46.8 Å². The van der Waals surface area contributed by atoms with E-state index < -0.39 is 17.9 Å². The third kappa shape index (κ3) is 2.67. The third-order valence-electron chi connectivity index (χ3n) is 3.67. The molecule has 0 aromatic heterocycles. The van der Waals surface area contributed by atoms with Crippen LogP contribution in [0.1, 0.15) is 25.3 Å². The van der Waals surface area contributed by atoms with Crippen molar-refractivity contribution in [3.8, 4) is 5.75 Å². The molecule has 116 valence electrons. The van der Waals surface area contributed by atoms with Crippen molar-refractivity contribution in [2.24, 2.45) is 0 Å². The van der Waals surface area contributed by atoms with Crippen molar-refractivity contribution in [2.75, 3.05) is 7.11 Å². The lowest BCUT2D eigenvalue weighted by Crippen LogP contribution is -2.30. The summed E-state index contributed by atoms with van der Waals surface area (Å²) in [5.41, 5.74) is 1.55. The van der Waals surface area contributed by atoms with E-state index in [-0.39, 0.29) is 11.1 Å². The van der Waals surface area contributed by atoms with Gasteiger partial charge in [-0.05, 0) is 31.5 Å². The number of carboxylic acid groups (broad SMARTS) is 2. The van der Waals surface area contributed by atoms with Gasteiger partial charge in [0.05, 0.1) is 24.2 Å². The van der Waals surface area contributed by atoms with Crippen LogP contribution in [0.3, 0.4) is 0 Å². The lowest BCUT2D eigenvalue weighted by Gasteiger charge is -2.28. The Labute approximate surface area is 127 Å². The van der Waals surface area contributed by atoms with Crippen LogP contribution in [0.25, 0.3) is 0 Å². The predicted molar refractivity (Wildman–Crippen MR) is 79.5 cm³/mol. The van der Waals surface area contributed by atoms with E-state index in [4.69, 9.17) is 4.74 Å². The zero-order valence-corrected chi connectivity index (χ0v) is 12.5. The van der Waals surface area contributed by atoms with Crippen molar-refractivity contribution < 1.29 is 24.5 Å². The fraction of sp³-hybridized carbons (Fsp3) is 0.250. The first kappa shape index (κ1) is 15.6. The van der Waals surface area contributed by atoms with Gasteiger partial charge in [-0.15, -0.1) is 0 Å². The van der Waals surface area contributed by atoms with Crippen molar-refractivity contribution in [1.29, 1.82) is 0 Å². The minimum atomic E-state index is -1.14. The fourth-order valence-corrected chi connectivity index (χ4v) is 2.69. The third-order valence-corrected chi connectivity index (χ3v) is 3.67. The Hall–Kier alpha value is -2.76. The van der Waals surface area contributed by atoms with Crippen molar-refractivity contribution in [3.63, 3.8) is 0 Å². The number of carboxylic acids is 2. The Morgan fingerprint density at radius 3 is 1.82 bits per heavy atom. The number of hydrogen-bond donors (Lipinski definition) is 3. The number of rotatable bonds is 4. The van der Waals surface area contributed by atoms with E-state index in [1.807, 2.05) is 0 Å². The van der Waals surface area contributed by atoms with E-state index in [0.717, 1.165) is 0 Å². The summed E-state index contributed by atoms with van der Waals surface area (Å²) >= 11 is 0. The summed E-state index contributed by atoms with van der Waals surface area (Å²) < 4.78 is 5.08. The number of ether oxygens (including phenoxy) is 1. The Morgan fingerprint density at radius 2 is 1.45 bits per heavy atom. The average Bonchev–Trinajstić information content (AvgIpc) is 2.45. The maximum Gasteiger partial charge on any atom is 0.334 e. The summed E-state index contributed by atoms with van der Waals surface area (Å²) in [6.07, 6.45) is 0. The zero-order valence-electron chi connectivity index (χ0n) is 12.5. The molecule has 1 aromatic rings. The van der Waals surface area contributed by atoms with Gasteiger partial charge in [-0.25, -0.2) is 9.59 Å². The maximum absolute atomic E-state index is 11.6.